The highest BCUT2D eigenvalue weighted by Crippen LogP contribution is 2.32. The predicted molar refractivity (Wildman–Crippen MR) is 113 cm³/mol. The van der Waals surface area contributed by atoms with Crippen molar-refractivity contribution in [1.29, 1.82) is 0 Å². The Morgan fingerprint density at radius 1 is 0.629 bits per heavy atom. The van der Waals surface area contributed by atoms with Crippen LogP contribution in [0.3, 0.4) is 0 Å². The van der Waals surface area contributed by atoms with E-state index in [1.165, 1.54) is 24.7 Å². The molecule has 0 amide bonds. The van der Waals surface area contributed by atoms with E-state index in [-0.39, 0.29) is 11.5 Å². The van der Waals surface area contributed by atoms with Gasteiger partial charge < -0.3 is 63.9 Å². The minimum atomic E-state index is -1.87. The molecule has 13 nitrogen and oxygen atoms in total. The van der Waals surface area contributed by atoms with Crippen molar-refractivity contribution < 1.29 is 63.9 Å². The molecule has 2 saturated heterocycles. The predicted octanol–water partition coefficient (Wildman–Crippen LogP) is -0.998. The monoisotopic (exact) mass is 498 g/mol. The molecule has 13 heteroatoms. The van der Waals surface area contributed by atoms with Gasteiger partial charge in [0.25, 0.3) is 0 Å². The Labute approximate surface area is 197 Å². The molecule has 8 N–H and O–H groups in total. The highest BCUT2D eigenvalue weighted by atomic mass is 16.8. The summed E-state index contributed by atoms with van der Waals surface area (Å²) in [6.45, 7) is 0. The van der Waals surface area contributed by atoms with Crippen molar-refractivity contribution in [2.24, 2.45) is 0 Å². The van der Waals surface area contributed by atoms with Gasteiger partial charge in [-0.05, 0) is 24.3 Å². The lowest BCUT2D eigenvalue weighted by atomic mass is 9.96. The third-order valence-electron chi connectivity index (χ3n) is 5.66. The van der Waals surface area contributed by atoms with Crippen molar-refractivity contribution in [2.75, 3.05) is 0 Å². The Kier molecular flexibility index (Phi) is 7.61. The number of hydrogen-bond donors (Lipinski definition) is 8. The molecule has 35 heavy (non-hydrogen) atoms. The Bertz CT molecular complexity index is 920. The van der Waals surface area contributed by atoms with Gasteiger partial charge in [-0.3, -0.25) is 0 Å². The summed E-state index contributed by atoms with van der Waals surface area (Å²) in [5.74, 6) is -0.712. The van der Waals surface area contributed by atoms with Crippen molar-refractivity contribution in [3.8, 4) is 0 Å². The Morgan fingerprint density at radius 3 is 1.37 bits per heavy atom. The van der Waals surface area contributed by atoms with Crippen molar-refractivity contribution in [2.45, 2.75) is 61.4 Å². The Morgan fingerprint density at radius 2 is 1.03 bits per heavy atom. The fraction of sp³-hybridized carbons (Fsp3) is 0.455. The van der Waals surface area contributed by atoms with Gasteiger partial charge in [-0.25, -0.2) is 0 Å². The van der Waals surface area contributed by atoms with E-state index in [0.29, 0.717) is 0 Å². The van der Waals surface area contributed by atoms with Crippen molar-refractivity contribution in [3.05, 3.63) is 59.8 Å². The summed E-state index contributed by atoms with van der Waals surface area (Å²) in [7, 11) is 0. The van der Waals surface area contributed by atoms with Gasteiger partial charge in [-0.15, -0.1) is 0 Å². The van der Waals surface area contributed by atoms with Gasteiger partial charge >= 0.3 is 0 Å². The topological polar surface area (TPSA) is 216 Å². The fourth-order valence-corrected chi connectivity index (χ4v) is 3.74. The average molecular weight is 498 g/mol. The molecule has 10 atom stereocenters. The first kappa shape index (κ1) is 25.4. The van der Waals surface area contributed by atoms with Gasteiger partial charge in [-0.2, -0.15) is 0 Å². The molecule has 0 spiro atoms. The Balaban J connectivity index is 1.52. The maximum atomic E-state index is 10.4. The molecule has 192 valence electrons. The van der Waals surface area contributed by atoms with Crippen LogP contribution < -0.4 is 0 Å². The third kappa shape index (κ3) is 5.28. The molecule has 4 heterocycles. The summed E-state index contributed by atoms with van der Waals surface area (Å²) in [5.41, 5.74) is 0. The summed E-state index contributed by atoms with van der Waals surface area (Å²) in [5, 5.41) is 82.5. The molecule has 2 aromatic rings. The van der Waals surface area contributed by atoms with Crippen molar-refractivity contribution in [3.63, 3.8) is 0 Å². The second-order valence-corrected chi connectivity index (χ2v) is 8.10. The van der Waals surface area contributed by atoms with Crippen LogP contribution in [-0.2, 0) is 14.2 Å². The molecule has 2 aliphatic heterocycles. The maximum Gasteiger partial charge on any atom is 0.190 e. The van der Waals surface area contributed by atoms with Crippen molar-refractivity contribution in [1.82, 2.24) is 0 Å². The highest BCUT2D eigenvalue weighted by molar-refractivity contribution is 5.47. The third-order valence-corrected chi connectivity index (χ3v) is 5.66. The number of rotatable bonds is 6. The standard InChI is InChI=1S/C22H26O13/c23-11(7-9-3-1-5-31-9)19-15(27)13(25)17(29)21(33-19)35-22-18(30)14(26)16(28)20(34-22)12(24)8-10-4-2-6-32-10/h1-8,13-30H/t13-,14-,15-,16-,17+,18+,19+,20+,21+,22+/m0/s1. The van der Waals surface area contributed by atoms with Crippen LogP contribution in [-0.4, -0.2) is 102 Å². The average Bonchev–Trinajstić information content (AvgIpc) is 3.53. The molecule has 2 aromatic heterocycles. The molecule has 0 unspecified atom stereocenters. The summed E-state index contributed by atoms with van der Waals surface area (Å²) in [6, 6.07) is 6.11. The smallest absolute Gasteiger partial charge is 0.190 e. The highest BCUT2D eigenvalue weighted by Gasteiger charge is 2.51. The molecule has 4 rings (SSSR count). The molecule has 2 aliphatic rings. The van der Waals surface area contributed by atoms with E-state index in [2.05, 4.69) is 0 Å². The second-order valence-electron chi connectivity index (χ2n) is 8.10. The molecular formula is C22H26O13. The molecule has 0 aromatic carbocycles. The summed E-state index contributed by atoms with van der Waals surface area (Å²) in [6.07, 6.45) is -12.8. The lowest BCUT2D eigenvalue weighted by molar-refractivity contribution is -0.370. The normalized spacial score (nSPS) is 39.0. The van der Waals surface area contributed by atoms with Gasteiger partial charge in [0.1, 0.15) is 71.9 Å². The van der Waals surface area contributed by atoms with Gasteiger partial charge in [0, 0.05) is 12.2 Å². The number of aliphatic hydroxyl groups excluding tert-OH is 8. The van der Waals surface area contributed by atoms with E-state index in [1.807, 2.05) is 0 Å². The van der Waals surface area contributed by atoms with Gasteiger partial charge in [0.15, 0.2) is 12.6 Å². The van der Waals surface area contributed by atoms with E-state index in [1.54, 1.807) is 12.1 Å². The van der Waals surface area contributed by atoms with Gasteiger partial charge in [-0.1, -0.05) is 0 Å². The SMILES string of the molecule is OC(=Cc1ccco1)[C@H]1O[C@H](O[C@H]2O[C@H](C(O)=Cc3ccco3)[C@@H](O)[C@H](O)[C@H]2O)[C@H](O)[C@@H](O)[C@@H]1O. The van der Waals surface area contributed by atoms with Crippen LogP contribution >= 0.6 is 0 Å². The van der Waals surface area contributed by atoms with E-state index < -0.39 is 72.9 Å². The molecule has 2 fully saturated rings. The first-order valence-corrected chi connectivity index (χ1v) is 10.6. The zero-order valence-electron chi connectivity index (χ0n) is 18.0. The number of furan rings is 2. The minimum absolute atomic E-state index is 0.209. The van der Waals surface area contributed by atoms with E-state index >= 15 is 0 Å². The zero-order valence-corrected chi connectivity index (χ0v) is 18.0. The molecular weight excluding hydrogens is 472 g/mol. The summed E-state index contributed by atoms with van der Waals surface area (Å²) in [4.78, 5) is 0. The van der Waals surface area contributed by atoms with Crippen LogP contribution in [0.4, 0.5) is 0 Å². The number of hydrogen-bond acceptors (Lipinski definition) is 13. The summed E-state index contributed by atoms with van der Waals surface area (Å²) >= 11 is 0. The van der Waals surface area contributed by atoms with E-state index in [9.17, 15) is 40.9 Å². The number of ether oxygens (including phenoxy) is 3. The minimum Gasteiger partial charge on any atom is -0.509 e. The maximum absolute atomic E-state index is 10.4. The van der Waals surface area contributed by atoms with Crippen molar-refractivity contribution >= 4 is 12.2 Å². The quantitative estimate of drug-likeness (QED) is 0.225. The fourth-order valence-electron chi connectivity index (χ4n) is 3.74. The van der Waals surface area contributed by atoms with E-state index in [4.69, 9.17) is 23.0 Å². The van der Waals surface area contributed by atoms with Crippen LogP contribution in [0.15, 0.2) is 57.1 Å². The van der Waals surface area contributed by atoms with E-state index in [0.717, 1.165) is 12.2 Å². The van der Waals surface area contributed by atoms with Crippen LogP contribution in [0.25, 0.3) is 12.2 Å². The van der Waals surface area contributed by atoms with Crippen LogP contribution in [0.5, 0.6) is 0 Å². The number of aliphatic hydroxyl groups is 8. The lowest BCUT2D eigenvalue weighted by Crippen LogP contribution is -2.63. The van der Waals surface area contributed by atoms with Crippen LogP contribution in [0.2, 0.25) is 0 Å². The lowest BCUT2D eigenvalue weighted by Gasteiger charge is -2.44. The first-order chi connectivity index (χ1) is 16.7. The second kappa shape index (κ2) is 10.5. The molecule has 0 aliphatic carbocycles. The molecule has 0 bridgehead atoms. The largest absolute Gasteiger partial charge is 0.509 e. The van der Waals surface area contributed by atoms with Crippen LogP contribution in [0.1, 0.15) is 11.5 Å². The zero-order chi connectivity index (χ0) is 25.3. The Hall–Kier alpha value is -2.72. The summed E-state index contributed by atoms with van der Waals surface area (Å²) < 4.78 is 26.4. The molecule has 0 radical (unpaired) electrons. The van der Waals surface area contributed by atoms with Crippen LogP contribution in [0, 0.1) is 0 Å². The first-order valence-electron chi connectivity index (χ1n) is 10.6. The van der Waals surface area contributed by atoms with Gasteiger partial charge in [0.2, 0.25) is 0 Å². The van der Waals surface area contributed by atoms with Gasteiger partial charge in [0.05, 0.1) is 12.5 Å². The molecule has 0 saturated carbocycles.